The Bertz CT molecular complexity index is 579. The average molecular weight is 330 g/mol. The van der Waals surface area contributed by atoms with Crippen LogP contribution < -0.4 is 15.4 Å². The number of nitrogens with one attached hydrogen (secondary N) is 2. The largest absolute Gasteiger partial charge is 0.490 e. The molecule has 1 saturated heterocycles. The van der Waals surface area contributed by atoms with Crippen molar-refractivity contribution in [3.8, 4) is 5.75 Å². The van der Waals surface area contributed by atoms with E-state index in [4.69, 9.17) is 4.74 Å². The topological polar surface area (TPSA) is 67.4 Å². The number of carbonyl (C=O) groups excluding carboxylic acids is 2. The first-order valence-corrected chi connectivity index (χ1v) is 9.02. The van der Waals surface area contributed by atoms with Gasteiger partial charge in [0.05, 0.1) is 12.1 Å². The van der Waals surface area contributed by atoms with Crippen molar-refractivity contribution in [2.45, 2.75) is 70.1 Å². The maximum Gasteiger partial charge on any atom is 0.243 e. The smallest absolute Gasteiger partial charge is 0.243 e. The number of amides is 2. The Morgan fingerprint density at radius 3 is 2.54 bits per heavy atom. The molecule has 1 saturated carbocycles. The van der Waals surface area contributed by atoms with Gasteiger partial charge < -0.3 is 15.4 Å². The van der Waals surface area contributed by atoms with Crippen LogP contribution in [0.5, 0.6) is 5.75 Å². The fourth-order valence-electron chi connectivity index (χ4n) is 3.48. The molecule has 2 amide bonds. The highest BCUT2D eigenvalue weighted by Gasteiger charge is 2.28. The van der Waals surface area contributed by atoms with E-state index < -0.39 is 6.04 Å². The molecular weight excluding hydrogens is 304 g/mol. The molecule has 0 bridgehead atoms. The van der Waals surface area contributed by atoms with Crippen LogP contribution in [-0.2, 0) is 9.59 Å². The lowest BCUT2D eigenvalue weighted by atomic mass is 10.0. The van der Waals surface area contributed by atoms with E-state index in [1.807, 2.05) is 31.2 Å². The lowest BCUT2D eigenvalue weighted by molar-refractivity contribution is -0.126. The van der Waals surface area contributed by atoms with E-state index in [2.05, 4.69) is 10.6 Å². The zero-order valence-electron chi connectivity index (χ0n) is 14.2. The number of benzene rings is 1. The van der Waals surface area contributed by atoms with Gasteiger partial charge in [-0.25, -0.2) is 0 Å². The molecule has 5 heteroatoms. The van der Waals surface area contributed by atoms with Crippen LogP contribution in [-0.4, -0.2) is 24.0 Å². The molecule has 1 aromatic carbocycles. The van der Waals surface area contributed by atoms with Crippen LogP contribution in [0.3, 0.4) is 0 Å². The van der Waals surface area contributed by atoms with Gasteiger partial charge in [0.2, 0.25) is 11.8 Å². The summed E-state index contributed by atoms with van der Waals surface area (Å²) < 4.78 is 5.98. The molecule has 5 nitrogen and oxygen atoms in total. The summed E-state index contributed by atoms with van der Waals surface area (Å²) in [4.78, 5) is 23.5. The molecule has 1 aliphatic carbocycles. The van der Waals surface area contributed by atoms with Gasteiger partial charge in [0, 0.05) is 6.42 Å². The predicted molar refractivity (Wildman–Crippen MR) is 91.7 cm³/mol. The summed E-state index contributed by atoms with van der Waals surface area (Å²) in [6, 6.07) is 7.57. The van der Waals surface area contributed by atoms with Gasteiger partial charge in [-0.1, -0.05) is 19.1 Å². The Morgan fingerprint density at radius 1 is 1.25 bits per heavy atom. The number of hydrogen-bond acceptors (Lipinski definition) is 3. The quantitative estimate of drug-likeness (QED) is 0.843. The zero-order chi connectivity index (χ0) is 16.9. The summed E-state index contributed by atoms with van der Waals surface area (Å²) in [5, 5.41) is 5.76. The van der Waals surface area contributed by atoms with Crippen molar-refractivity contribution in [1.29, 1.82) is 0 Å². The number of carbonyl (C=O) groups is 2. The fraction of sp³-hybridized carbons (Fsp3) is 0.579. The van der Waals surface area contributed by atoms with E-state index >= 15 is 0 Å². The first-order chi connectivity index (χ1) is 11.7. The highest BCUT2D eigenvalue weighted by Crippen LogP contribution is 2.26. The van der Waals surface area contributed by atoms with Crippen LogP contribution in [0.2, 0.25) is 0 Å². The van der Waals surface area contributed by atoms with Crippen LogP contribution >= 0.6 is 0 Å². The molecule has 24 heavy (non-hydrogen) atoms. The van der Waals surface area contributed by atoms with E-state index in [1.165, 1.54) is 12.8 Å². The summed E-state index contributed by atoms with van der Waals surface area (Å²) in [6.45, 7) is 2.04. The zero-order valence-corrected chi connectivity index (χ0v) is 14.2. The van der Waals surface area contributed by atoms with E-state index in [9.17, 15) is 9.59 Å². The van der Waals surface area contributed by atoms with Crippen LogP contribution in [0.4, 0.5) is 0 Å². The monoisotopic (exact) mass is 330 g/mol. The summed E-state index contributed by atoms with van der Waals surface area (Å²) in [6.07, 6.45) is 6.95. The third kappa shape index (κ3) is 4.08. The molecule has 0 spiro atoms. The average Bonchev–Trinajstić information content (AvgIpc) is 3.25. The van der Waals surface area contributed by atoms with Gasteiger partial charge in [0.1, 0.15) is 11.8 Å². The van der Waals surface area contributed by atoms with E-state index in [0.29, 0.717) is 18.9 Å². The Labute approximate surface area is 143 Å². The molecule has 3 rings (SSSR count). The molecule has 2 N–H and O–H groups in total. The Kier molecular flexibility index (Phi) is 5.38. The standard InChI is InChI=1S/C19H26N2O3/c1-2-16(21-19(23)17-11-12-18(22)20-17)13-7-9-15(10-8-13)24-14-5-3-4-6-14/h7-10,14,16-17H,2-6,11-12H2,1H3,(H,20,22)(H,21,23)/t16-,17-/m0/s1. The van der Waals surface area contributed by atoms with Crippen LogP contribution in [0.1, 0.15) is 63.5 Å². The highest BCUT2D eigenvalue weighted by molar-refractivity contribution is 5.90. The maximum atomic E-state index is 12.3. The minimum atomic E-state index is -0.392. The predicted octanol–water partition coefficient (Wildman–Crippen LogP) is 2.85. The van der Waals surface area contributed by atoms with Gasteiger partial charge in [-0.15, -0.1) is 0 Å². The summed E-state index contributed by atoms with van der Waals surface area (Å²) in [5.41, 5.74) is 1.06. The molecule has 0 aromatic heterocycles. The van der Waals surface area contributed by atoms with E-state index in [-0.39, 0.29) is 17.9 Å². The van der Waals surface area contributed by atoms with Crippen LogP contribution in [0.25, 0.3) is 0 Å². The van der Waals surface area contributed by atoms with Crippen molar-refractivity contribution in [2.24, 2.45) is 0 Å². The third-order valence-corrected chi connectivity index (χ3v) is 4.92. The molecule has 1 aromatic rings. The van der Waals surface area contributed by atoms with Crippen molar-refractivity contribution in [2.75, 3.05) is 0 Å². The lowest BCUT2D eigenvalue weighted by Crippen LogP contribution is -2.42. The van der Waals surface area contributed by atoms with Gasteiger partial charge >= 0.3 is 0 Å². The molecular formula is C19H26N2O3. The normalized spacial score (nSPS) is 22.2. The van der Waals surface area contributed by atoms with Crippen molar-refractivity contribution in [3.05, 3.63) is 29.8 Å². The summed E-state index contributed by atoms with van der Waals surface area (Å²) in [5.74, 6) is 0.755. The number of rotatable bonds is 6. The van der Waals surface area contributed by atoms with E-state index in [0.717, 1.165) is 30.6 Å². The minimum absolute atomic E-state index is 0.0448. The molecule has 2 atom stereocenters. The number of ether oxygens (including phenoxy) is 1. The van der Waals surface area contributed by atoms with Gasteiger partial charge in [0.15, 0.2) is 0 Å². The Hall–Kier alpha value is -2.04. The van der Waals surface area contributed by atoms with Gasteiger partial charge in [0.25, 0.3) is 0 Å². The first kappa shape index (κ1) is 16.8. The van der Waals surface area contributed by atoms with Crippen molar-refractivity contribution >= 4 is 11.8 Å². The lowest BCUT2D eigenvalue weighted by Gasteiger charge is -2.20. The summed E-state index contributed by atoms with van der Waals surface area (Å²) >= 11 is 0. The molecule has 0 radical (unpaired) electrons. The SMILES string of the molecule is CC[C@H](NC(=O)[C@@H]1CCC(=O)N1)c1ccc(OC2CCCC2)cc1. The highest BCUT2D eigenvalue weighted by atomic mass is 16.5. The van der Waals surface area contributed by atoms with Gasteiger partial charge in [-0.3, -0.25) is 9.59 Å². The summed E-state index contributed by atoms with van der Waals surface area (Å²) in [7, 11) is 0. The molecule has 2 fully saturated rings. The maximum absolute atomic E-state index is 12.3. The van der Waals surface area contributed by atoms with Gasteiger partial charge in [-0.05, 0) is 56.2 Å². The molecule has 2 aliphatic rings. The minimum Gasteiger partial charge on any atom is -0.490 e. The Morgan fingerprint density at radius 2 is 1.96 bits per heavy atom. The second-order valence-corrected chi connectivity index (χ2v) is 6.72. The molecule has 1 aliphatic heterocycles. The fourth-order valence-corrected chi connectivity index (χ4v) is 3.48. The Balaban J connectivity index is 1.58. The second-order valence-electron chi connectivity index (χ2n) is 6.72. The third-order valence-electron chi connectivity index (χ3n) is 4.92. The first-order valence-electron chi connectivity index (χ1n) is 9.02. The van der Waals surface area contributed by atoms with Gasteiger partial charge in [-0.2, -0.15) is 0 Å². The molecule has 1 heterocycles. The van der Waals surface area contributed by atoms with E-state index in [1.54, 1.807) is 0 Å². The van der Waals surface area contributed by atoms with Crippen molar-refractivity contribution in [3.63, 3.8) is 0 Å². The molecule has 130 valence electrons. The number of hydrogen-bond donors (Lipinski definition) is 2. The van der Waals surface area contributed by atoms with Crippen LogP contribution in [0.15, 0.2) is 24.3 Å². The second kappa shape index (κ2) is 7.69. The van der Waals surface area contributed by atoms with Crippen molar-refractivity contribution < 1.29 is 14.3 Å². The molecule has 0 unspecified atom stereocenters. The van der Waals surface area contributed by atoms with Crippen LogP contribution in [0, 0.1) is 0 Å². The van der Waals surface area contributed by atoms with Crippen molar-refractivity contribution in [1.82, 2.24) is 10.6 Å².